The van der Waals surface area contributed by atoms with Crippen LogP contribution in [-0.4, -0.2) is 25.6 Å². The van der Waals surface area contributed by atoms with E-state index in [-0.39, 0.29) is 18.3 Å². The number of nitrogens with one attached hydrogen (secondary N) is 3. The van der Waals surface area contributed by atoms with Gasteiger partial charge in [-0.15, -0.1) is 12.4 Å². The lowest BCUT2D eigenvalue weighted by atomic mass is 9.99. The third-order valence-electron chi connectivity index (χ3n) is 5.61. The van der Waals surface area contributed by atoms with Crippen molar-refractivity contribution in [2.45, 2.75) is 12.8 Å². The van der Waals surface area contributed by atoms with Crippen LogP contribution >= 0.6 is 12.4 Å². The maximum Gasteiger partial charge on any atom is 0.258 e. The summed E-state index contributed by atoms with van der Waals surface area (Å²) in [6.07, 6.45) is 6.36. The van der Waals surface area contributed by atoms with Gasteiger partial charge in [0.15, 0.2) is 0 Å². The summed E-state index contributed by atoms with van der Waals surface area (Å²) in [5.41, 5.74) is 5.35. The molecule has 1 amide bonds. The van der Waals surface area contributed by atoms with E-state index < -0.39 is 0 Å². The molecule has 6 heteroatoms. The van der Waals surface area contributed by atoms with E-state index in [9.17, 15) is 4.79 Å². The first kappa shape index (κ1) is 19.6. The van der Waals surface area contributed by atoms with Crippen molar-refractivity contribution in [3.63, 3.8) is 0 Å². The van der Waals surface area contributed by atoms with Gasteiger partial charge < -0.3 is 20.7 Å². The predicted molar refractivity (Wildman–Crippen MR) is 119 cm³/mol. The number of anilines is 2. The molecule has 5 rings (SSSR count). The standard InChI is InChI=1S/C23H23N3O2.ClH/c27-23-22(18-3-1-2-4-20(18)26-23)21-7-5-16-13-17(6-8-19(16)25-21)28-14-15-9-11-24-12-10-15;/h1-8,13,15,24-25H,9-12,14H2,(H,26,27);1H. The van der Waals surface area contributed by atoms with E-state index in [1.54, 1.807) is 0 Å². The first-order chi connectivity index (χ1) is 13.8. The van der Waals surface area contributed by atoms with Gasteiger partial charge in [0, 0.05) is 22.5 Å². The molecule has 0 spiro atoms. The number of hydrogen-bond acceptors (Lipinski definition) is 4. The van der Waals surface area contributed by atoms with Gasteiger partial charge in [-0.05, 0) is 62.2 Å². The molecular formula is C23H24ClN3O2. The second kappa shape index (κ2) is 8.31. The molecule has 0 atom stereocenters. The number of carbonyl (C=O) groups excluding carboxylic acids is 1. The van der Waals surface area contributed by atoms with Crippen molar-refractivity contribution < 1.29 is 9.53 Å². The van der Waals surface area contributed by atoms with E-state index in [2.05, 4.69) is 22.0 Å². The number of amides is 1. The lowest BCUT2D eigenvalue weighted by Crippen LogP contribution is -2.30. The van der Waals surface area contributed by atoms with Gasteiger partial charge in [0.25, 0.3) is 5.91 Å². The molecule has 2 aromatic carbocycles. The van der Waals surface area contributed by atoms with Crippen LogP contribution in [-0.2, 0) is 4.79 Å². The monoisotopic (exact) mass is 409 g/mol. The quantitative estimate of drug-likeness (QED) is 0.662. The number of piperidine rings is 1. The molecule has 1 saturated heterocycles. The molecule has 2 aromatic rings. The molecule has 3 aliphatic heterocycles. The summed E-state index contributed by atoms with van der Waals surface area (Å²) in [4.78, 5) is 12.5. The average Bonchev–Trinajstić information content (AvgIpc) is 3.08. The Hall–Kier alpha value is -2.76. The molecular weight excluding hydrogens is 386 g/mol. The fourth-order valence-electron chi connectivity index (χ4n) is 4.04. The molecule has 0 radical (unpaired) electrons. The summed E-state index contributed by atoms with van der Waals surface area (Å²) in [5, 5.41) is 9.73. The minimum Gasteiger partial charge on any atom is -0.493 e. The fourth-order valence-corrected chi connectivity index (χ4v) is 4.04. The van der Waals surface area contributed by atoms with Crippen LogP contribution < -0.4 is 20.7 Å². The second-order valence-corrected chi connectivity index (χ2v) is 7.50. The van der Waals surface area contributed by atoms with Crippen molar-refractivity contribution in [3.8, 4) is 5.75 Å². The molecule has 0 aliphatic carbocycles. The number of benzene rings is 2. The SMILES string of the molecule is Cl.O=C1Nc2ccccc2C1=C1C=Cc2cc(OCC3CCNCC3)ccc2N1. The molecule has 3 aliphatic rings. The Kier molecular flexibility index (Phi) is 5.60. The highest BCUT2D eigenvalue weighted by molar-refractivity contribution is 6.33. The molecule has 150 valence electrons. The minimum atomic E-state index is -0.0706. The van der Waals surface area contributed by atoms with Gasteiger partial charge in [-0.25, -0.2) is 0 Å². The van der Waals surface area contributed by atoms with Crippen molar-refractivity contribution in [2.24, 2.45) is 5.92 Å². The van der Waals surface area contributed by atoms with Crippen LogP contribution in [0.15, 0.2) is 54.2 Å². The van der Waals surface area contributed by atoms with Gasteiger partial charge in [0.05, 0.1) is 17.9 Å². The summed E-state index contributed by atoms with van der Waals surface area (Å²) < 4.78 is 6.04. The van der Waals surface area contributed by atoms with Gasteiger partial charge >= 0.3 is 0 Å². The van der Waals surface area contributed by atoms with Crippen LogP contribution in [0, 0.1) is 5.92 Å². The van der Waals surface area contributed by atoms with Gasteiger partial charge in [-0.3, -0.25) is 4.79 Å². The summed E-state index contributed by atoms with van der Waals surface area (Å²) in [5.74, 6) is 1.45. The third kappa shape index (κ3) is 3.88. The number of halogens is 1. The van der Waals surface area contributed by atoms with Gasteiger partial charge in [-0.2, -0.15) is 0 Å². The zero-order valence-corrected chi connectivity index (χ0v) is 16.9. The Morgan fingerprint density at radius 1 is 0.966 bits per heavy atom. The van der Waals surface area contributed by atoms with Crippen LogP contribution in [0.2, 0.25) is 0 Å². The van der Waals surface area contributed by atoms with Gasteiger partial charge in [0.1, 0.15) is 5.75 Å². The lowest BCUT2D eigenvalue weighted by Gasteiger charge is -2.23. The van der Waals surface area contributed by atoms with E-state index in [1.807, 2.05) is 48.6 Å². The second-order valence-electron chi connectivity index (χ2n) is 7.50. The minimum absolute atomic E-state index is 0. The first-order valence-corrected chi connectivity index (χ1v) is 9.85. The third-order valence-corrected chi connectivity index (χ3v) is 5.61. The highest BCUT2D eigenvalue weighted by Crippen LogP contribution is 2.37. The van der Waals surface area contributed by atoms with E-state index >= 15 is 0 Å². The predicted octanol–water partition coefficient (Wildman–Crippen LogP) is 4.29. The van der Waals surface area contributed by atoms with Crippen molar-refractivity contribution in [1.29, 1.82) is 0 Å². The fraction of sp³-hybridized carbons (Fsp3) is 0.261. The van der Waals surface area contributed by atoms with E-state index in [1.165, 1.54) is 12.8 Å². The van der Waals surface area contributed by atoms with Crippen molar-refractivity contribution in [2.75, 3.05) is 30.3 Å². The zero-order chi connectivity index (χ0) is 18.9. The number of rotatable bonds is 3. The number of hydrogen-bond donors (Lipinski definition) is 3. The van der Waals surface area contributed by atoms with Crippen LogP contribution in [0.4, 0.5) is 11.4 Å². The van der Waals surface area contributed by atoms with Crippen LogP contribution in [0.5, 0.6) is 5.75 Å². The molecule has 0 bridgehead atoms. The van der Waals surface area contributed by atoms with E-state index in [0.717, 1.165) is 53.6 Å². The molecule has 0 unspecified atom stereocenters. The zero-order valence-electron chi connectivity index (χ0n) is 16.0. The van der Waals surface area contributed by atoms with Crippen LogP contribution in [0.3, 0.4) is 0 Å². The Morgan fingerprint density at radius 3 is 2.66 bits per heavy atom. The smallest absolute Gasteiger partial charge is 0.258 e. The average molecular weight is 410 g/mol. The number of fused-ring (bicyclic) bond motifs is 2. The highest BCUT2D eigenvalue weighted by atomic mass is 35.5. The summed E-state index contributed by atoms with van der Waals surface area (Å²) in [7, 11) is 0. The molecule has 0 aromatic heterocycles. The topological polar surface area (TPSA) is 62.4 Å². The van der Waals surface area contributed by atoms with E-state index in [4.69, 9.17) is 4.74 Å². The summed E-state index contributed by atoms with van der Waals surface area (Å²) >= 11 is 0. The van der Waals surface area contributed by atoms with Gasteiger partial charge in [-0.1, -0.05) is 24.3 Å². The number of para-hydroxylation sites is 1. The lowest BCUT2D eigenvalue weighted by molar-refractivity contribution is -0.110. The number of ether oxygens (including phenoxy) is 1. The number of carbonyl (C=O) groups is 1. The molecule has 5 nitrogen and oxygen atoms in total. The van der Waals surface area contributed by atoms with Crippen molar-refractivity contribution in [3.05, 3.63) is 65.4 Å². The highest BCUT2D eigenvalue weighted by Gasteiger charge is 2.27. The number of allylic oxidation sites excluding steroid dienone is 1. The Labute approximate surface area is 176 Å². The summed E-state index contributed by atoms with van der Waals surface area (Å²) in [6.45, 7) is 2.93. The Bertz CT molecular complexity index is 993. The first-order valence-electron chi connectivity index (χ1n) is 9.85. The molecule has 1 fully saturated rings. The molecule has 0 saturated carbocycles. The molecule has 3 heterocycles. The van der Waals surface area contributed by atoms with Crippen molar-refractivity contribution >= 4 is 41.3 Å². The van der Waals surface area contributed by atoms with E-state index in [0.29, 0.717) is 11.5 Å². The maximum absolute atomic E-state index is 12.5. The van der Waals surface area contributed by atoms with Crippen molar-refractivity contribution in [1.82, 2.24) is 5.32 Å². The largest absolute Gasteiger partial charge is 0.493 e. The van der Waals surface area contributed by atoms with Crippen LogP contribution in [0.1, 0.15) is 24.0 Å². The normalized spacial score (nSPS) is 20.2. The molecule has 29 heavy (non-hydrogen) atoms. The Morgan fingerprint density at radius 2 is 1.79 bits per heavy atom. The summed E-state index contributed by atoms with van der Waals surface area (Å²) in [6, 6.07) is 13.9. The van der Waals surface area contributed by atoms with Gasteiger partial charge in [0.2, 0.25) is 0 Å². The maximum atomic E-state index is 12.5. The Balaban J connectivity index is 0.00000205. The molecule has 3 N–H and O–H groups in total. The van der Waals surface area contributed by atoms with Crippen LogP contribution in [0.25, 0.3) is 11.6 Å².